The second kappa shape index (κ2) is 7.54. The topological polar surface area (TPSA) is 26.0 Å². The second-order valence-electron chi connectivity index (χ2n) is 4.71. The zero-order chi connectivity index (χ0) is 13.0. The third kappa shape index (κ3) is 4.54. The summed E-state index contributed by atoms with van der Waals surface area (Å²) in [5.41, 5.74) is 8.68. The molecule has 2 aromatic carbocycles. The molecule has 2 aromatic rings. The van der Waals surface area contributed by atoms with E-state index < -0.39 is 0 Å². The van der Waals surface area contributed by atoms with Crippen LogP contribution in [0.2, 0.25) is 5.02 Å². The molecule has 19 heavy (non-hydrogen) atoms. The van der Waals surface area contributed by atoms with Crippen LogP contribution >= 0.6 is 24.0 Å². The highest BCUT2D eigenvalue weighted by molar-refractivity contribution is 6.30. The molecule has 0 aromatic heterocycles. The van der Waals surface area contributed by atoms with Crippen LogP contribution in [0.25, 0.3) is 0 Å². The van der Waals surface area contributed by atoms with Crippen molar-refractivity contribution in [3.63, 3.8) is 0 Å². The van der Waals surface area contributed by atoms with E-state index in [0.29, 0.717) is 5.92 Å². The maximum absolute atomic E-state index is 6.12. The smallest absolute Gasteiger partial charge is 0.0406 e. The van der Waals surface area contributed by atoms with Crippen LogP contribution in [0.4, 0.5) is 0 Å². The summed E-state index contributed by atoms with van der Waals surface area (Å²) >= 11 is 5.90. The fraction of sp³-hybridized carbons (Fsp3) is 0.250. The SMILES string of the molecule is CC(N)C(Cc1ccc(Cl)cc1)c1ccccc1.Cl. The van der Waals surface area contributed by atoms with Crippen LogP contribution in [-0.2, 0) is 6.42 Å². The second-order valence-corrected chi connectivity index (χ2v) is 5.14. The first kappa shape index (κ1) is 16.0. The van der Waals surface area contributed by atoms with Crippen molar-refractivity contribution in [1.82, 2.24) is 0 Å². The minimum absolute atomic E-state index is 0. The summed E-state index contributed by atoms with van der Waals surface area (Å²) in [5, 5.41) is 0.774. The van der Waals surface area contributed by atoms with E-state index >= 15 is 0 Å². The van der Waals surface area contributed by atoms with Gasteiger partial charge in [0.05, 0.1) is 0 Å². The number of halogens is 2. The van der Waals surface area contributed by atoms with E-state index in [1.54, 1.807) is 0 Å². The molecule has 1 nitrogen and oxygen atoms in total. The highest BCUT2D eigenvalue weighted by Crippen LogP contribution is 2.24. The summed E-state index contributed by atoms with van der Waals surface area (Å²) in [6.07, 6.45) is 0.943. The van der Waals surface area contributed by atoms with Crippen molar-refractivity contribution in [3.8, 4) is 0 Å². The zero-order valence-electron chi connectivity index (χ0n) is 10.9. The molecule has 0 aliphatic rings. The predicted octanol–water partition coefficient (Wildman–Crippen LogP) is 4.44. The molecule has 2 unspecified atom stereocenters. The van der Waals surface area contributed by atoms with Crippen LogP contribution < -0.4 is 5.73 Å². The average Bonchev–Trinajstić information content (AvgIpc) is 2.38. The Kier molecular flexibility index (Phi) is 6.36. The van der Waals surface area contributed by atoms with Crippen LogP contribution in [0, 0.1) is 0 Å². The molecule has 0 aliphatic heterocycles. The average molecular weight is 296 g/mol. The van der Waals surface area contributed by atoms with Crippen LogP contribution in [0.15, 0.2) is 54.6 Å². The van der Waals surface area contributed by atoms with E-state index in [1.807, 2.05) is 18.2 Å². The van der Waals surface area contributed by atoms with Gasteiger partial charge in [-0.3, -0.25) is 0 Å². The van der Waals surface area contributed by atoms with Gasteiger partial charge in [0.25, 0.3) is 0 Å². The van der Waals surface area contributed by atoms with Gasteiger partial charge in [-0.2, -0.15) is 0 Å². The quantitative estimate of drug-likeness (QED) is 0.887. The number of hydrogen-bond acceptors (Lipinski definition) is 1. The molecular formula is C16H19Cl2N. The molecule has 2 N–H and O–H groups in total. The first-order valence-electron chi connectivity index (χ1n) is 6.22. The normalized spacial score (nSPS) is 13.4. The van der Waals surface area contributed by atoms with Crippen LogP contribution in [0.1, 0.15) is 24.0 Å². The molecular weight excluding hydrogens is 277 g/mol. The van der Waals surface area contributed by atoms with Crippen LogP contribution in [0.5, 0.6) is 0 Å². The Balaban J connectivity index is 0.00000180. The number of nitrogens with two attached hydrogens (primary N) is 1. The Morgan fingerprint density at radius 3 is 2.11 bits per heavy atom. The number of benzene rings is 2. The van der Waals surface area contributed by atoms with Crippen molar-refractivity contribution in [2.75, 3.05) is 0 Å². The fourth-order valence-electron chi connectivity index (χ4n) is 2.18. The van der Waals surface area contributed by atoms with Crippen molar-refractivity contribution >= 4 is 24.0 Å². The van der Waals surface area contributed by atoms with Crippen molar-refractivity contribution in [2.24, 2.45) is 5.73 Å². The van der Waals surface area contributed by atoms with Crippen LogP contribution in [-0.4, -0.2) is 6.04 Å². The lowest BCUT2D eigenvalue weighted by Gasteiger charge is -2.21. The standard InChI is InChI=1S/C16H18ClN.ClH/c1-12(18)16(14-5-3-2-4-6-14)11-13-7-9-15(17)10-8-13;/h2-10,12,16H,11,18H2,1H3;1H. The van der Waals surface area contributed by atoms with Crippen LogP contribution in [0.3, 0.4) is 0 Å². The van der Waals surface area contributed by atoms with Gasteiger partial charge in [-0.05, 0) is 36.6 Å². The summed E-state index contributed by atoms with van der Waals surface area (Å²) in [4.78, 5) is 0. The third-order valence-electron chi connectivity index (χ3n) is 3.23. The van der Waals surface area contributed by atoms with E-state index in [2.05, 4.69) is 43.3 Å². The lowest BCUT2D eigenvalue weighted by atomic mass is 9.87. The van der Waals surface area contributed by atoms with Gasteiger partial charge < -0.3 is 5.73 Å². The highest BCUT2D eigenvalue weighted by atomic mass is 35.5. The van der Waals surface area contributed by atoms with Gasteiger partial charge in [0.2, 0.25) is 0 Å². The minimum Gasteiger partial charge on any atom is -0.327 e. The van der Waals surface area contributed by atoms with E-state index in [0.717, 1.165) is 11.4 Å². The lowest BCUT2D eigenvalue weighted by Crippen LogP contribution is -2.26. The predicted molar refractivity (Wildman–Crippen MR) is 85.2 cm³/mol. The molecule has 2 atom stereocenters. The molecule has 0 saturated heterocycles. The third-order valence-corrected chi connectivity index (χ3v) is 3.48. The maximum Gasteiger partial charge on any atom is 0.0406 e. The first-order chi connectivity index (χ1) is 8.66. The van der Waals surface area contributed by atoms with E-state index in [4.69, 9.17) is 17.3 Å². The van der Waals surface area contributed by atoms with Crippen molar-refractivity contribution in [1.29, 1.82) is 0 Å². The minimum atomic E-state index is 0. The molecule has 3 heteroatoms. The highest BCUT2D eigenvalue weighted by Gasteiger charge is 2.16. The van der Waals surface area contributed by atoms with E-state index in [1.165, 1.54) is 11.1 Å². The fourth-order valence-corrected chi connectivity index (χ4v) is 2.31. The molecule has 0 saturated carbocycles. The molecule has 0 fully saturated rings. The number of hydrogen-bond donors (Lipinski definition) is 1. The molecule has 0 bridgehead atoms. The van der Waals surface area contributed by atoms with Gasteiger partial charge in [0, 0.05) is 17.0 Å². The van der Waals surface area contributed by atoms with Crippen molar-refractivity contribution < 1.29 is 0 Å². The monoisotopic (exact) mass is 295 g/mol. The summed E-state index contributed by atoms with van der Waals surface area (Å²) in [7, 11) is 0. The molecule has 0 amide bonds. The van der Waals surface area contributed by atoms with Gasteiger partial charge >= 0.3 is 0 Å². The molecule has 0 radical (unpaired) electrons. The lowest BCUT2D eigenvalue weighted by molar-refractivity contribution is 0.565. The summed E-state index contributed by atoms with van der Waals surface area (Å²) < 4.78 is 0. The van der Waals surface area contributed by atoms with Gasteiger partial charge in [-0.1, -0.05) is 54.1 Å². The Morgan fingerprint density at radius 1 is 1.00 bits per heavy atom. The van der Waals surface area contributed by atoms with Gasteiger partial charge in [0.15, 0.2) is 0 Å². The Morgan fingerprint density at radius 2 is 1.58 bits per heavy atom. The Hall–Kier alpha value is -1.02. The van der Waals surface area contributed by atoms with Gasteiger partial charge in [-0.25, -0.2) is 0 Å². The molecule has 0 heterocycles. The first-order valence-corrected chi connectivity index (χ1v) is 6.59. The molecule has 0 aliphatic carbocycles. The van der Waals surface area contributed by atoms with Crippen molar-refractivity contribution in [2.45, 2.75) is 25.3 Å². The van der Waals surface area contributed by atoms with E-state index in [9.17, 15) is 0 Å². The summed E-state index contributed by atoms with van der Waals surface area (Å²) in [5.74, 6) is 0.340. The van der Waals surface area contributed by atoms with Gasteiger partial charge in [-0.15, -0.1) is 12.4 Å². The summed E-state index contributed by atoms with van der Waals surface area (Å²) in [6, 6.07) is 18.6. The zero-order valence-corrected chi connectivity index (χ0v) is 12.5. The Labute approximate surface area is 126 Å². The molecule has 2 rings (SSSR count). The summed E-state index contributed by atoms with van der Waals surface area (Å²) in [6.45, 7) is 2.06. The molecule has 0 spiro atoms. The Bertz CT molecular complexity index is 480. The van der Waals surface area contributed by atoms with Crippen molar-refractivity contribution in [3.05, 3.63) is 70.7 Å². The van der Waals surface area contributed by atoms with E-state index in [-0.39, 0.29) is 18.4 Å². The largest absolute Gasteiger partial charge is 0.327 e. The van der Waals surface area contributed by atoms with Gasteiger partial charge in [0.1, 0.15) is 0 Å². The molecule has 102 valence electrons. The number of rotatable bonds is 4. The maximum atomic E-state index is 6.12.